The van der Waals surface area contributed by atoms with Crippen molar-refractivity contribution in [3.05, 3.63) is 35.1 Å². The molecule has 1 aliphatic rings. The Morgan fingerprint density at radius 1 is 1.00 bits per heavy atom. The van der Waals surface area contributed by atoms with E-state index < -0.39 is 0 Å². The second-order valence-corrected chi connectivity index (χ2v) is 7.17. The fraction of sp³-hybridized carbons (Fsp3) is 0.529. The molecule has 0 saturated carbocycles. The van der Waals surface area contributed by atoms with Crippen LogP contribution in [0.3, 0.4) is 0 Å². The molecular weight excluding hydrogens is 252 g/mol. The first-order valence-electron chi connectivity index (χ1n) is 6.79. The Kier molecular flexibility index (Phi) is 4.42. The summed E-state index contributed by atoms with van der Waals surface area (Å²) in [7, 11) is 0. The highest BCUT2D eigenvalue weighted by molar-refractivity contribution is 6.11. The Morgan fingerprint density at radius 3 is 1.70 bits per heavy atom. The Hall–Kier alpha value is -1.64. The summed E-state index contributed by atoms with van der Waals surface area (Å²) in [6, 6.07) is 0. The number of carbonyl (C=O) groups excluding carboxylic acids is 2. The summed E-state index contributed by atoms with van der Waals surface area (Å²) >= 11 is 0. The van der Waals surface area contributed by atoms with Crippen LogP contribution in [0.25, 0.3) is 0 Å². The zero-order valence-corrected chi connectivity index (χ0v) is 13.5. The molecule has 0 aliphatic heterocycles. The third-order valence-electron chi connectivity index (χ3n) is 3.09. The molecule has 0 unspecified atom stereocenters. The molecule has 0 amide bonds. The monoisotopic (exact) mass is 276 g/mol. The van der Waals surface area contributed by atoms with Gasteiger partial charge >= 0.3 is 5.97 Å². The molecule has 0 N–H and O–H groups in total. The predicted octanol–water partition coefficient (Wildman–Crippen LogP) is 3.96. The van der Waals surface area contributed by atoms with E-state index in [9.17, 15) is 9.59 Å². The van der Waals surface area contributed by atoms with Crippen molar-refractivity contribution in [2.24, 2.45) is 10.8 Å². The number of carbonyl (C=O) groups is 2. The fourth-order valence-electron chi connectivity index (χ4n) is 1.98. The number of hydrogen-bond donors (Lipinski definition) is 0. The highest BCUT2D eigenvalue weighted by Crippen LogP contribution is 2.38. The van der Waals surface area contributed by atoms with Gasteiger partial charge in [0.15, 0.2) is 5.78 Å². The van der Waals surface area contributed by atoms with E-state index >= 15 is 0 Å². The van der Waals surface area contributed by atoms with Crippen molar-refractivity contribution in [3.8, 4) is 0 Å². The summed E-state index contributed by atoms with van der Waals surface area (Å²) in [6.45, 7) is 13.4. The van der Waals surface area contributed by atoms with Gasteiger partial charge in [0.25, 0.3) is 0 Å². The summed E-state index contributed by atoms with van der Waals surface area (Å²) in [5.74, 6) is -0.296. The van der Waals surface area contributed by atoms with Gasteiger partial charge in [0.2, 0.25) is 0 Å². The van der Waals surface area contributed by atoms with E-state index in [0.29, 0.717) is 0 Å². The van der Waals surface area contributed by atoms with E-state index in [2.05, 4.69) is 0 Å². The third kappa shape index (κ3) is 3.92. The molecule has 0 spiro atoms. The molecule has 0 aromatic rings. The molecule has 3 nitrogen and oxygen atoms in total. The third-order valence-corrected chi connectivity index (χ3v) is 3.09. The number of rotatable bonds is 1. The van der Waals surface area contributed by atoms with Gasteiger partial charge in [-0.2, -0.15) is 0 Å². The second kappa shape index (κ2) is 5.39. The second-order valence-electron chi connectivity index (χ2n) is 7.17. The van der Waals surface area contributed by atoms with Crippen LogP contribution in [0, 0.1) is 10.8 Å². The minimum Gasteiger partial charge on any atom is -0.434 e. The molecule has 110 valence electrons. The highest BCUT2D eigenvalue weighted by atomic mass is 16.5. The number of esters is 1. The van der Waals surface area contributed by atoms with Gasteiger partial charge in [0, 0.05) is 23.6 Å². The molecule has 1 rings (SSSR count). The largest absolute Gasteiger partial charge is 0.434 e. The lowest BCUT2D eigenvalue weighted by Crippen LogP contribution is -2.28. The SMILES string of the molecule is CC(=O)OC=C1C=C(C(C)(C)C)C(=O)C(C(C)(C)C)=C1. The lowest BCUT2D eigenvalue weighted by atomic mass is 9.72. The lowest BCUT2D eigenvalue weighted by molar-refractivity contribution is -0.135. The number of hydrogen-bond acceptors (Lipinski definition) is 3. The van der Waals surface area contributed by atoms with E-state index in [4.69, 9.17) is 4.74 Å². The van der Waals surface area contributed by atoms with Gasteiger partial charge in [-0.1, -0.05) is 41.5 Å². The van der Waals surface area contributed by atoms with Gasteiger partial charge in [-0.15, -0.1) is 0 Å². The van der Waals surface area contributed by atoms with Crippen LogP contribution in [0.1, 0.15) is 48.5 Å². The lowest BCUT2D eigenvalue weighted by Gasteiger charge is -2.31. The number of ether oxygens (including phenoxy) is 1. The van der Waals surface area contributed by atoms with E-state index in [1.54, 1.807) is 12.2 Å². The number of Topliss-reactive ketones (excluding diaryl/α,β-unsaturated/α-hetero) is 1. The van der Waals surface area contributed by atoms with Crippen LogP contribution in [0.2, 0.25) is 0 Å². The van der Waals surface area contributed by atoms with Crippen LogP contribution in [-0.4, -0.2) is 11.8 Å². The molecular formula is C17H24O3. The molecule has 0 aromatic heterocycles. The Bertz CT molecular complexity index is 481. The normalized spacial score (nSPS) is 16.6. The van der Waals surface area contributed by atoms with Crippen molar-refractivity contribution in [2.75, 3.05) is 0 Å². The zero-order chi connectivity index (χ0) is 15.7. The maximum Gasteiger partial charge on any atom is 0.307 e. The first-order valence-corrected chi connectivity index (χ1v) is 6.79. The van der Waals surface area contributed by atoms with Gasteiger partial charge in [-0.3, -0.25) is 9.59 Å². The van der Waals surface area contributed by atoms with E-state index in [1.807, 2.05) is 41.5 Å². The van der Waals surface area contributed by atoms with Crippen LogP contribution >= 0.6 is 0 Å². The van der Waals surface area contributed by atoms with Gasteiger partial charge in [-0.05, 0) is 23.0 Å². The van der Waals surface area contributed by atoms with Gasteiger partial charge in [0.05, 0.1) is 0 Å². The summed E-state index contributed by atoms with van der Waals surface area (Å²) in [6.07, 6.45) is 5.02. The first-order chi connectivity index (χ1) is 8.93. The summed E-state index contributed by atoms with van der Waals surface area (Å²) in [5.41, 5.74) is 1.72. The zero-order valence-electron chi connectivity index (χ0n) is 13.5. The van der Waals surface area contributed by atoms with Crippen LogP contribution in [-0.2, 0) is 14.3 Å². The molecule has 0 radical (unpaired) electrons. The summed E-state index contributed by atoms with van der Waals surface area (Å²) in [5, 5.41) is 0. The maximum atomic E-state index is 12.6. The maximum absolute atomic E-state index is 12.6. The number of allylic oxidation sites excluding steroid dienone is 5. The van der Waals surface area contributed by atoms with Crippen LogP contribution in [0.15, 0.2) is 35.1 Å². The number of ketones is 1. The van der Waals surface area contributed by atoms with Crippen LogP contribution in [0.5, 0.6) is 0 Å². The Morgan fingerprint density at radius 2 is 1.40 bits per heavy atom. The molecule has 0 saturated heterocycles. The standard InChI is InChI=1S/C17H24O3/c1-11(18)20-10-12-8-13(16(2,3)4)15(19)14(9-12)17(5,6)7/h8-10H,1-7H3. The van der Waals surface area contributed by atoms with Crippen molar-refractivity contribution < 1.29 is 14.3 Å². The summed E-state index contributed by atoms with van der Waals surface area (Å²) < 4.78 is 4.94. The van der Waals surface area contributed by atoms with Crippen molar-refractivity contribution in [3.63, 3.8) is 0 Å². The van der Waals surface area contributed by atoms with Crippen molar-refractivity contribution in [2.45, 2.75) is 48.5 Å². The van der Waals surface area contributed by atoms with E-state index in [0.717, 1.165) is 16.7 Å². The fourth-order valence-corrected chi connectivity index (χ4v) is 1.98. The average molecular weight is 276 g/mol. The molecule has 0 bridgehead atoms. The van der Waals surface area contributed by atoms with E-state index in [-0.39, 0.29) is 22.6 Å². The smallest absolute Gasteiger partial charge is 0.307 e. The molecule has 1 aliphatic carbocycles. The first kappa shape index (κ1) is 16.4. The van der Waals surface area contributed by atoms with Gasteiger partial charge < -0.3 is 4.74 Å². The Balaban J connectivity index is 3.33. The minimum absolute atomic E-state index is 0.0741. The molecule has 20 heavy (non-hydrogen) atoms. The topological polar surface area (TPSA) is 43.4 Å². The average Bonchev–Trinajstić information content (AvgIpc) is 2.24. The molecule has 0 fully saturated rings. The van der Waals surface area contributed by atoms with Gasteiger partial charge in [0.1, 0.15) is 6.26 Å². The quantitative estimate of drug-likeness (QED) is 0.538. The molecule has 3 heteroatoms. The minimum atomic E-state index is -0.370. The van der Waals surface area contributed by atoms with Crippen molar-refractivity contribution >= 4 is 11.8 Å². The predicted molar refractivity (Wildman–Crippen MR) is 79.9 cm³/mol. The Labute approximate surface area is 121 Å². The van der Waals surface area contributed by atoms with Crippen LogP contribution in [0.4, 0.5) is 0 Å². The van der Waals surface area contributed by atoms with Crippen molar-refractivity contribution in [1.29, 1.82) is 0 Å². The molecule has 0 atom stereocenters. The molecule has 0 aromatic carbocycles. The highest BCUT2D eigenvalue weighted by Gasteiger charge is 2.34. The van der Waals surface area contributed by atoms with Gasteiger partial charge in [-0.25, -0.2) is 0 Å². The molecule has 0 heterocycles. The van der Waals surface area contributed by atoms with Crippen LogP contribution < -0.4 is 0 Å². The summed E-state index contributed by atoms with van der Waals surface area (Å²) in [4.78, 5) is 23.6. The van der Waals surface area contributed by atoms with E-state index in [1.165, 1.54) is 13.2 Å². The van der Waals surface area contributed by atoms with Crippen molar-refractivity contribution in [1.82, 2.24) is 0 Å².